The topological polar surface area (TPSA) is 49.3 Å². The fraction of sp³-hybridized carbons (Fsp3) is 0.375. The zero-order chi connectivity index (χ0) is 8.97. The van der Waals surface area contributed by atoms with E-state index in [1.54, 1.807) is 19.2 Å². The van der Waals surface area contributed by atoms with Crippen LogP contribution in [0.15, 0.2) is 17.5 Å². The lowest BCUT2D eigenvalue weighted by atomic mass is 10.2. The van der Waals surface area contributed by atoms with Gasteiger partial charge in [-0.3, -0.25) is 4.79 Å². The lowest BCUT2D eigenvalue weighted by Gasteiger charge is -2.05. The van der Waals surface area contributed by atoms with Crippen LogP contribution in [0, 0.1) is 0 Å². The third-order valence-corrected chi connectivity index (χ3v) is 2.35. The van der Waals surface area contributed by atoms with Gasteiger partial charge >= 0.3 is 0 Å². The van der Waals surface area contributed by atoms with E-state index in [1.165, 1.54) is 11.3 Å². The molecule has 0 aliphatic heterocycles. The highest BCUT2D eigenvalue weighted by Gasteiger charge is 2.16. The standard InChI is InChI=1S/C8H11NO2S/c1-9-5-6(10)8(11)7-3-2-4-12-7/h2-4,6,9-10H,5H2,1H3. The number of hydrogen-bond donors (Lipinski definition) is 2. The summed E-state index contributed by atoms with van der Waals surface area (Å²) in [6, 6.07) is 3.51. The number of aliphatic hydroxyl groups is 1. The number of hydrogen-bond acceptors (Lipinski definition) is 4. The molecule has 2 N–H and O–H groups in total. The van der Waals surface area contributed by atoms with Gasteiger partial charge in [0.15, 0.2) is 0 Å². The van der Waals surface area contributed by atoms with E-state index in [0.717, 1.165) is 0 Å². The van der Waals surface area contributed by atoms with E-state index < -0.39 is 6.10 Å². The Hall–Kier alpha value is -0.710. The monoisotopic (exact) mass is 185 g/mol. The van der Waals surface area contributed by atoms with Gasteiger partial charge in [0.2, 0.25) is 5.78 Å². The quantitative estimate of drug-likeness (QED) is 0.672. The lowest BCUT2D eigenvalue weighted by molar-refractivity contribution is 0.0755. The van der Waals surface area contributed by atoms with Crippen molar-refractivity contribution in [2.24, 2.45) is 0 Å². The molecule has 0 bridgehead atoms. The molecule has 0 fully saturated rings. The van der Waals surface area contributed by atoms with Crippen LogP contribution in [0.2, 0.25) is 0 Å². The number of nitrogens with one attached hydrogen (secondary N) is 1. The maximum atomic E-state index is 11.3. The molecule has 12 heavy (non-hydrogen) atoms. The summed E-state index contributed by atoms with van der Waals surface area (Å²) in [7, 11) is 1.70. The maximum Gasteiger partial charge on any atom is 0.202 e. The Kier molecular flexibility index (Phi) is 3.40. The second-order valence-electron chi connectivity index (χ2n) is 2.42. The van der Waals surface area contributed by atoms with E-state index in [0.29, 0.717) is 11.4 Å². The molecule has 1 aromatic rings. The molecule has 1 unspecified atom stereocenters. The van der Waals surface area contributed by atoms with Crippen molar-refractivity contribution in [3.05, 3.63) is 22.4 Å². The molecule has 1 rings (SSSR count). The van der Waals surface area contributed by atoms with Crippen LogP contribution in [-0.2, 0) is 0 Å². The van der Waals surface area contributed by atoms with Gasteiger partial charge in [0.05, 0.1) is 4.88 Å². The minimum atomic E-state index is -0.923. The van der Waals surface area contributed by atoms with Crippen LogP contribution in [0.5, 0.6) is 0 Å². The van der Waals surface area contributed by atoms with Gasteiger partial charge in [-0.2, -0.15) is 0 Å². The average molecular weight is 185 g/mol. The van der Waals surface area contributed by atoms with Gasteiger partial charge in [-0.05, 0) is 18.5 Å². The largest absolute Gasteiger partial charge is 0.384 e. The van der Waals surface area contributed by atoms with Crippen LogP contribution in [-0.4, -0.2) is 30.6 Å². The van der Waals surface area contributed by atoms with Crippen molar-refractivity contribution in [2.75, 3.05) is 13.6 Å². The molecule has 3 nitrogen and oxygen atoms in total. The molecule has 0 aliphatic rings. The van der Waals surface area contributed by atoms with Crippen LogP contribution < -0.4 is 5.32 Å². The second kappa shape index (κ2) is 4.35. The van der Waals surface area contributed by atoms with Crippen molar-refractivity contribution in [2.45, 2.75) is 6.10 Å². The summed E-state index contributed by atoms with van der Waals surface area (Å²) >= 11 is 1.35. The summed E-state index contributed by atoms with van der Waals surface area (Å²) in [5, 5.41) is 13.8. The molecule has 0 spiro atoms. The van der Waals surface area contributed by atoms with Crippen molar-refractivity contribution >= 4 is 17.1 Å². The number of likely N-dealkylation sites (N-methyl/N-ethyl adjacent to an activating group) is 1. The van der Waals surface area contributed by atoms with Crippen LogP contribution in [0.3, 0.4) is 0 Å². The third-order valence-electron chi connectivity index (χ3n) is 1.46. The Morgan fingerprint density at radius 1 is 1.83 bits per heavy atom. The summed E-state index contributed by atoms with van der Waals surface area (Å²) in [6.45, 7) is 0.302. The van der Waals surface area contributed by atoms with Gasteiger partial charge in [-0.25, -0.2) is 0 Å². The zero-order valence-corrected chi connectivity index (χ0v) is 7.60. The predicted octanol–water partition coefficient (Wildman–Crippen LogP) is 0.511. The van der Waals surface area contributed by atoms with Crippen molar-refractivity contribution in [3.8, 4) is 0 Å². The van der Waals surface area contributed by atoms with E-state index in [-0.39, 0.29) is 5.78 Å². The van der Waals surface area contributed by atoms with Crippen LogP contribution in [0.25, 0.3) is 0 Å². The van der Waals surface area contributed by atoms with Gasteiger partial charge in [-0.15, -0.1) is 11.3 Å². The van der Waals surface area contributed by atoms with Gasteiger partial charge in [0, 0.05) is 6.54 Å². The first-order valence-corrected chi connectivity index (χ1v) is 4.54. The van der Waals surface area contributed by atoms with Gasteiger partial charge < -0.3 is 10.4 Å². The molecular weight excluding hydrogens is 174 g/mol. The van der Waals surface area contributed by atoms with E-state index in [4.69, 9.17) is 0 Å². The van der Waals surface area contributed by atoms with Crippen LogP contribution in [0.4, 0.5) is 0 Å². The molecule has 0 radical (unpaired) electrons. The van der Waals surface area contributed by atoms with Crippen LogP contribution in [0.1, 0.15) is 9.67 Å². The minimum absolute atomic E-state index is 0.209. The number of carbonyl (C=O) groups excluding carboxylic acids is 1. The Morgan fingerprint density at radius 2 is 2.58 bits per heavy atom. The van der Waals surface area contributed by atoms with Crippen molar-refractivity contribution in [1.82, 2.24) is 5.32 Å². The highest BCUT2D eigenvalue weighted by atomic mass is 32.1. The first-order chi connectivity index (χ1) is 5.75. The molecule has 1 aromatic heterocycles. The minimum Gasteiger partial charge on any atom is -0.384 e. The van der Waals surface area contributed by atoms with Crippen LogP contribution >= 0.6 is 11.3 Å². The van der Waals surface area contributed by atoms with Crippen molar-refractivity contribution in [1.29, 1.82) is 0 Å². The van der Waals surface area contributed by atoms with E-state index >= 15 is 0 Å². The average Bonchev–Trinajstić information content (AvgIpc) is 2.55. The SMILES string of the molecule is CNCC(O)C(=O)c1cccs1. The Labute approximate surface area is 75.0 Å². The number of thiophene rings is 1. The van der Waals surface area contributed by atoms with Gasteiger partial charge in [0.25, 0.3) is 0 Å². The number of aliphatic hydroxyl groups excluding tert-OH is 1. The molecule has 1 atom stereocenters. The number of Topliss-reactive ketones (excluding diaryl/α,β-unsaturated/α-hetero) is 1. The first kappa shape index (κ1) is 9.38. The smallest absolute Gasteiger partial charge is 0.202 e. The lowest BCUT2D eigenvalue weighted by Crippen LogP contribution is -2.30. The fourth-order valence-electron chi connectivity index (χ4n) is 0.869. The Bertz CT molecular complexity index is 246. The molecule has 0 aliphatic carbocycles. The van der Waals surface area contributed by atoms with Crippen molar-refractivity contribution < 1.29 is 9.90 Å². The normalized spacial score (nSPS) is 12.8. The first-order valence-electron chi connectivity index (χ1n) is 3.66. The number of carbonyl (C=O) groups is 1. The molecule has 4 heteroatoms. The predicted molar refractivity (Wildman–Crippen MR) is 48.6 cm³/mol. The second-order valence-corrected chi connectivity index (χ2v) is 3.36. The molecule has 66 valence electrons. The van der Waals surface area contributed by atoms with Gasteiger partial charge in [-0.1, -0.05) is 6.07 Å². The molecule has 0 saturated heterocycles. The summed E-state index contributed by atoms with van der Waals surface area (Å²) in [5.41, 5.74) is 0. The Balaban J connectivity index is 2.59. The molecule has 1 heterocycles. The summed E-state index contributed by atoms with van der Waals surface area (Å²) in [4.78, 5) is 11.9. The number of rotatable bonds is 4. The summed E-state index contributed by atoms with van der Waals surface area (Å²) in [6.07, 6.45) is -0.923. The molecule has 0 aromatic carbocycles. The third kappa shape index (κ3) is 2.14. The molecule has 0 saturated carbocycles. The summed E-state index contributed by atoms with van der Waals surface area (Å²) < 4.78 is 0. The zero-order valence-electron chi connectivity index (χ0n) is 6.78. The Morgan fingerprint density at radius 3 is 3.08 bits per heavy atom. The summed E-state index contributed by atoms with van der Waals surface area (Å²) in [5.74, 6) is -0.209. The highest BCUT2D eigenvalue weighted by Crippen LogP contribution is 2.10. The van der Waals surface area contributed by atoms with E-state index in [2.05, 4.69) is 5.32 Å². The van der Waals surface area contributed by atoms with E-state index in [1.807, 2.05) is 5.38 Å². The van der Waals surface area contributed by atoms with Gasteiger partial charge in [0.1, 0.15) is 6.10 Å². The fourth-order valence-corrected chi connectivity index (χ4v) is 1.58. The van der Waals surface area contributed by atoms with Crippen molar-refractivity contribution in [3.63, 3.8) is 0 Å². The highest BCUT2D eigenvalue weighted by molar-refractivity contribution is 7.12. The number of ketones is 1. The maximum absolute atomic E-state index is 11.3. The molecule has 0 amide bonds. The molecular formula is C8H11NO2S. The van der Waals surface area contributed by atoms with E-state index in [9.17, 15) is 9.90 Å².